The van der Waals surface area contributed by atoms with E-state index in [0.29, 0.717) is 17.0 Å². The molecule has 0 radical (unpaired) electrons. The molecule has 1 heterocycles. The van der Waals surface area contributed by atoms with Gasteiger partial charge in [0.05, 0.1) is 5.56 Å². The zero-order valence-corrected chi connectivity index (χ0v) is 10.4. The Morgan fingerprint density at radius 3 is 2.53 bits per heavy atom. The van der Waals surface area contributed by atoms with Crippen molar-refractivity contribution in [3.05, 3.63) is 46.8 Å². The maximum atomic E-state index is 11.8. The maximum Gasteiger partial charge on any atom is 0.335 e. The molecule has 0 aliphatic carbocycles. The van der Waals surface area contributed by atoms with Crippen LogP contribution in [0, 0.1) is 13.8 Å². The fraction of sp³-hybridized carbons (Fsp3) is 0.154. The zero-order chi connectivity index (χ0) is 14.0. The van der Waals surface area contributed by atoms with Crippen LogP contribution in [0.2, 0.25) is 0 Å². The van der Waals surface area contributed by atoms with Gasteiger partial charge >= 0.3 is 5.97 Å². The number of carboxylic acid groups (broad SMARTS) is 1. The number of carboxylic acids is 1. The van der Waals surface area contributed by atoms with Crippen LogP contribution in [0.5, 0.6) is 0 Å². The largest absolute Gasteiger partial charge is 0.478 e. The Balaban J connectivity index is 2.18. The first-order chi connectivity index (χ1) is 8.97. The van der Waals surface area contributed by atoms with Crippen LogP contribution in [0.1, 0.15) is 32.2 Å². The second-order valence-electron chi connectivity index (χ2n) is 4.11. The molecule has 0 saturated heterocycles. The average Bonchev–Trinajstić information content (AvgIpc) is 2.75. The Kier molecular flexibility index (Phi) is 3.33. The fourth-order valence-corrected chi connectivity index (χ4v) is 1.65. The summed E-state index contributed by atoms with van der Waals surface area (Å²) in [4.78, 5) is 22.7. The second-order valence-corrected chi connectivity index (χ2v) is 4.11. The Labute approximate surface area is 109 Å². The normalized spacial score (nSPS) is 10.2. The SMILES string of the molecule is Cc1cc(C(=O)Nc2ccc(C(=O)O)c(C)c2)no1. The molecule has 1 aromatic heterocycles. The van der Waals surface area contributed by atoms with Gasteiger partial charge in [0.2, 0.25) is 0 Å². The molecule has 0 unspecified atom stereocenters. The predicted octanol–water partition coefficient (Wildman–Crippen LogP) is 2.24. The Hall–Kier alpha value is -2.63. The number of carbonyl (C=O) groups excluding carboxylic acids is 1. The molecule has 6 nitrogen and oxygen atoms in total. The molecule has 98 valence electrons. The van der Waals surface area contributed by atoms with Crippen molar-refractivity contribution in [1.29, 1.82) is 0 Å². The first-order valence-corrected chi connectivity index (χ1v) is 5.56. The number of anilines is 1. The number of aromatic carboxylic acids is 1. The number of amides is 1. The molecule has 19 heavy (non-hydrogen) atoms. The van der Waals surface area contributed by atoms with Gasteiger partial charge in [0.25, 0.3) is 5.91 Å². The summed E-state index contributed by atoms with van der Waals surface area (Å²) in [6, 6.07) is 6.09. The standard InChI is InChI=1S/C13H12N2O4/c1-7-5-9(3-4-10(7)13(17)18)14-12(16)11-6-8(2)19-15-11/h3-6H,1-2H3,(H,14,16)(H,17,18). The molecule has 1 aromatic carbocycles. The maximum absolute atomic E-state index is 11.8. The van der Waals surface area contributed by atoms with Crippen molar-refractivity contribution in [3.8, 4) is 0 Å². The third kappa shape index (κ3) is 2.79. The number of aromatic nitrogens is 1. The van der Waals surface area contributed by atoms with E-state index in [-0.39, 0.29) is 11.3 Å². The number of benzene rings is 1. The van der Waals surface area contributed by atoms with Crippen LogP contribution in [0.3, 0.4) is 0 Å². The lowest BCUT2D eigenvalue weighted by Gasteiger charge is -2.06. The lowest BCUT2D eigenvalue weighted by molar-refractivity contribution is 0.0696. The van der Waals surface area contributed by atoms with Crippen molar-refractivity contribution >= 4 is 17.6 Å². The van der Waals surface area contributed by atoms with Gasteiger partial charge in [0, 0.05) is 11.8 Å². The van der Waals surface area contributed by atoms with Gasteiger partial charge in [0.1, 0.15) is 5.76 Å². The monoisotopic (exact) mass is 260 g/mol. The molecule has 0 aliphatic heterocycles. The summed E-state index contributed by atoms with van der Waals surface area (Å²) in [6.07, 6.45) is 0. The van der Waals surface area contributed by atoms with Gasteiger partial charge in [-0.3, -0.25) is 4.79 Å². The van der Waals surface area contributed by atoms with E-state index >= 15 is 0 Å². The van der Waals surface area contributed by atoms with E-state index in [0.717, 1.165) is 0 Å². The highest BCUT2D eigenvalue weighted by molar-refractivity contribution is 6.03. The van der Waals surface area contributed by atoms with E-state index in [2.05, 4.69) is 10.5 Å². The molecule has 0 atom stereocenters. The topological polar surface area (TPSA) is 92.4 Å². The molecule has 2 aromatic rings. The van der Waals surface area contributed by atoms with Gasteiger partial charge in [-0.05, 0) is 37.6 Å². The summed E-state index contributed by atoms with van der Waals surface area (Å²) in [5.74, 6) is -0.857. The Morgan fingerprint density at radius 2 is 2.00 bits per heavy atom. The van der Waals surface area contributed by atoms with Crippen molar-refractivity contribution in [2.45, 2.75) is 13.8 Å². The molecular formula is C13H12N2O4. The van der Waals surface area contributed by atoms with E-state index in [1.807, 2.05) is 0 Å². The van der Waals surface area contributed by atoms with Crippen LogP contribution in [0.4, 0.5) is 5.69 Å². The van der Waals surface area contributed by atoms with E-state index < -0.39 is 11.9 Å². The third-order valence-corrected chi connectivity index (χ3v) is 2.58. The van der Waals surface area contributed by atoms with Crippen molar-refractivity contribution < 1.29 is 19.2 Å². The molecule has 0 bridgehead atoms. The van der Waals surface area contributed by atoms with Crippen LogP contribution in [0.15, 0.2) is 28.8 Å². The number of rotatable bonds is 3. The quantitative estimate of drug-likeness (QED) is 0.882. The Morgan fingerprint density at radius 1 is 1.26 bits per heavy atom. The predicted molar refractivity (Wildman–Crippen MR) is 67.3 cm³/mol. The number of aryl methyl sites for hydroxylation is 2. The lowest BCUT2D eigenvalue weighted by Crippen LogP contribution is -2.12. The highest BCUT2D eigenvalue weighted by atomic mass is 16.5. The van der Waals surface area contributed by atoms with Gasteiger partial charge in [-0.2, -0.15) is 0 Å². The minimum Gasteiger partial charge on any atom is -0.478 e. The average molecular weight is 260 g/mol. The molecule has 1 amide bonds. The summed E-state index contributed by atoms with van der Waals surface area (Å²) in [6.45, 7) is 3.36. The van der Waals surface area contributed by atoms with Crippen molar-refractivity contribution in [1.82, 2.24) is 5.16 Å². The van der Waals surface area contributed by atoms with Crippen LogP contribution >= 0.6 is 0 Å². The first kappa shape index (κ1) is 12.8. The summed E-state index contributed by atoms with van der Waals surface area (Å²) >= 11 is 0. The number of hydrogen-bond acceptors (Lipinski definition) is 4. The lowest BCUT2D eigenvalue weighted by atomic mass is 10.1. The molecule has 0 spiro atoms. The van der Waals surface area contributed by atoms with Crippen molar-refractivity contribution in [3.63, 3.8) is 0 Å². The molecular weight excluding hydrogens is 248 g/mol. The van der Waals surface area contributed by atoms with Crippen molar-refractivity contribution in [2.75, 3.05) is 5.32 Å². The summed E-state index contributed by atoms with van der Waals surface area (Å²) < 4.78 is 4.81. The summed E-state index contributed by atoms with van der Waals surface area (Å²) in [5, 5.41) is 15.1. The summed E-state index contributed by atoms with van der Waals surface area (Å²) in [5.41, 5.74) is 1.46. The number of carbonyl (C=O) groups is 2. The van der Waals surface area contributed by atoms with Crippen LogP contribution in [-0.4, -0.2) is 22.1 Å². The van der Waals surface area contributed by atoms with Crippen molar-refractivity contribution in [2.24, 2.45) is 0 Å². The van der Waals surface area contributed by atoms with Crippen LogP contribution in [-0.2, 0) is 0 Å². The van der Waals surface area contributed by atoms with E-state index in [4.69, 9.17) is 9.63 Å². The number of nitrogens with one attached hydrogen (secondary N) is 1. The van der Waals surface area contributed by atoms with Gasteiger partial charge in [-0.25, -0.2) is 4.79 Å². The number of nitrogens with zero attached hydrogens (tertiary/aromatic N) is 1. The van der Waals surface area contributed by atoms with E-state index in [9.17, 15) is 9.59 Å². The van der Waals surface area contributed by atoms with E-state index in [1.54, 1.807) is 19.9 Å². The molecule has 2 rings (SSSR count). The molecule has 0 aliphatic rings. The molecule has 2 N–H and O–H groups in total. The third-order valence-electron chi connectivity index (χ3n) is 2.58. The smallest absolute Gasteiger partial charge is 0.335 e. The minimum atomic E-state index is -0.998. The zero-order valence-electron chi connectivity index (χ0n) is 10.4. The highest BCUT2D eigenvalue weighted by Crippen LogP contribution is 2.16. The molecule has 6 heteroatoms. The van der Waals surface area contributed by atoms with Gasteiger partial charge in [-0.15, -0.1) is 0 Å². The van der Waals surface area contributed by atoms with Gasteiger partial charge in [0.15, 0.2) is 5.69 Å². The van der Waals surface area contributed by atoms with Crippen LogP contribution in [0.25, 0.3) is 0 Å². The second kappa shape index (κ2) is 4.93. The minimum absolute atomic E-state index is 0.178. The Bertz CT molecular complexity index is 646. The molecule has 0 fully saturated rings. The highest BCUT2D eigenvalue weighted by Gasteiger charge is 2.12. The fourth-order valence-electron chi connectivity index (χ4n) is 1.65. The van der Waals surface area contributed by atoms with Gasteiger partial charge < -0.3 is 14.9 Å². The number of hydrogen-bond donors (Lipinski definition) is 2. The van der Waals surface area contributed by atoms with E-state index in [1.165, 1.54) is 18.2 Å². The van der Waals surface area contributed by atoms with Crippen LogP contribution < -0.4 is 5.32 Å². The van der Waals surface area contributed by atoms with Gasteiger partial charge in [-0.1, -0.05) is 5.16 Å². The first-order valence-electron chi connectivity index (χ1n) is 5.56. The summed E-state index contributed by atoms with van der Waals surface area (Å²) in [7, 11) is 0. The molecule has 0 saturated carbocycles.